The molecule has 108 valence electrons. The molecule has 2 aliphatic rings. The summed E-state index contributed by atoms with van der Waals surface area (Å²) in [5.41, 5.74) is 0. The summed E-state index contributed by atoms with van der Waals surface area (Å²) < 4.78 is 0. The first-order valence-corrected chi connectivity index (χ1v) is 6.54. The normalized spacial score (nSPS) is 23.5. The Labute approximate surface area is 112 Å². The van der Waals surface area contributed by atoms with Crippen LogP contribution in [0.4, 0.5) is 4.79 Å². The molecule has 2 fully saturated rings. The molecule has 0 unspecified atom stereocenters. The molecule has 0 aliphatic carbocycles. The Hall–Kier alpha value is -1.38. The van der Waals surface area contributed by atoms with E-state index >= 15 is 0 Å². The van der Waals surface area contributed by atoms with Gasteiger partial charge >= 0.3 is 12.0 Å². The van der Waals surface area contributed by atoms with Gasteiger partial charge < -0.3 is 14.9 Å². The number of carbonyl (C=O) groups is 2. The van der Waals surface area contributed by atoms with Crippen molar-refractivity contribution >= 4 is 12.0 Å². The van der Waals surface area contributed by atoms with Crippen LogP contribution >= 0.6 is 0 Å². The van der Waals surface area contributed by atoms with Crippen molar-refractivity contribution in [1.29, 1.82) is 0 Å². The molecule has 3 N–H and O–H groups in total. The number of carboxylic acids is 1. The summed E-state index contributed by atoms with van der Waals surface area (Å²) in [4.78, 5) is 28.2. The Morgan fingerprint density at radius 1 is 1.00 bits per heavy atom. The molecule has 0 saturated carbocycles. The number of hydrazine groups is 1. The fraction of sp³-hybridized carbons (Fsp3) is 0.818. The minimum absolute atomic E-state index is 0.0143. The second kappa shape index (κ2) is 6.18. The lowest BCUT2D eigenvalue weighted by molar-refractivity contribution is -0.138. The van der Waals surface area contributed by atoms with Crippen LogP contribution in [0, 0.1) is 0 Å². The SMILES string of the molecule is NN1CCN(CC(=O)O)CCN2CCN(CC1)C2=O. The van der Waals surface area contributed by atoms with Crippen LogP contribution in [0.5, 0.6) is 0 Å². The number of urea groups is 1. The van der Waals surface area contributed by atoms with Crippen molar-refractivity contribution in [2.45, 2.75) is 0 Å². The Kier molecular flexibility index (Phi) is 4.56. The first-order chi connectivity index (χ1) is 9.06. The van der Waals surface area contributed by atoms with Crippen LogP contribution in [0.1, 0.15) is 0 Å². The summed E-state index contributed by atoms with van der Waals surface area (Å²) in [6.07, 6.45) is 0. The molecule has 0 radical (unpaired) electrons. The van der Waals surface area contributed by atoms with Gasteiger partial charge in [0, 0.05) is 52.4 Å². The van der Waals surface area contributed by atoms with Gasteiger partial charge in [-0.25, -0.2) is 9.80 Å². The molecular formula is C11H21N5O3. The molecule has 0 atom stereocenters. The average molecular weight is 271 g/mol. The lowest BCUT2D eigenvalue weighted by Crippen LogP contribution is -2.44. The third-order valence-corrected chi connectivity index (χ3v) is 3.59. The van der Waals surface area contributed by atoms with Crippen molar-refractivity contribution < 1.29 is 14.7 Å². The van der Waals surface area contributed by atoms with Gasteiger partial charge in [0.25, 0.3) is 0 Å². The standard InChI is InChI=1S/C11H21N5O3/c12-16-7-2-13(9-10(17)18)1-3-14-4-5-15(6-8-16)11(14)19/h1-9,12H2,(H,17,18). The molecule has 2 amide bonds. The van der Waals surface area contributed by atoms with E-state index in [4.69, 9.17) is 10.9 Å². The van der Waals surface area contributed by atoms with Gasteiger partial charge in [0.15, 0.2) is 0 Å². The van der Waals surface area contributed by atoms with E-state index < -0.39 is 5.97 Å². The summed E-state index contributed by atoms with van der Waals surface area (Å²) in [7, 11) is 0. The highest BCUT2D eigenvalue weighted by atomic mass is 16.4. The summed E-state index contributed by atoms with van der Waals surface area (Å²) in [6.45, 7) is 5.02. The minimum Gasteiger partial charge on any atom is -0.480 e. The average Bonchev–Trinajstić information content (AvgIpc) is 2.69. The van der Waals surface area contributed by atoms with Crippen molar-refractivity contribution in [2.75, 3.05) is 58.9 Å². The van der Waals surface area contributed by atoms with Gasteiger partial charge in [-0.2, -0.15) is 0 Å². The fourth-order valence-electron chi connectivity index (χ4n) is 2.40. The largest absolute Gasteiger partial charge is 0.480 e. The smallest absolute Gasteiger partial charge is 0.320 e. The van der Waals surface area contributed by atoms with E-state index in [9.17, 15) is 9.59 Å². The summed E-state index contributed by atoms with van der Waals surface area (Å²) >= 11 is 0. The Morgan fingerprint density at radius 2 is 1.47 bits per heavy atom. The van der Waals surface area contributed by atoms with Crippen molar-refractivity contribution in [3.05, 3.63) is 0 Å². The molecule has 0 spiro atoms. The van der Waals surface area contributed by atoms with E-state index in [1.165, 1.54) is 0 Å². The molecule has 8 nitrogen and oxygen atoms in total. The quantitative estimate of drug-likeness (QED) is 0.582. The molecular weight excluding hydrogens is 250 g/mol. The van der Waals surface area contributed by atoms with E-state index in [0.29, 0.717) is 45.8 Å². The zero-order valence-electron chi connectivity index (χ0n) is 11.0. The number of amides is 2. The maximum Gasteiger partial charge on any atom is 0.320 e. The summed E-state index contributed by atoms with van der Waals surface area (Å²) in [5, 5.41) is 10.5. The van der Waals surface area contributed by atoms with Gasteiger partial charge in [0.1, 0.15) is 0 Å². The van der Waals surface area contributed by atoms with Crippen LogP contribution in [0.2, 0.25) is 0 Å². The van der Waals surface area contributed by atoms with Crippen LogP contribution < -0.4 is 5.84 Å². The third kappa shape index (κ3) is 3.79. The van der Waals surface area contributed by atoms with Gasteiger partial charge in [0.05, 0.1) is 6.54 Å². The number of hydrogen-bond acceptors (Lipinski definition) is 5. The number of nitrogens with zero attached hydrogens (tertiary/aromatic N) is 4. The van der Waals surface area contributed by atoms with E-state index in [0.717, 1.165) is 6.54 Å². The highest BCUT2D eigenvalue weighted by Gasteiger charge is 2.29. The van der Waals surface area contributed by atoms with Crippen LogP contribution in [0.15, 0.2) is 0 Å². The number of rotatable bonds is 2. The first kappa shape index (κ1) is 14.0. The highest BCUT2D eigenvalue weighted by Crippen LogP contribution is 2.09. The van der Waals surface area contributed by atoms with Crippen LogP contribution in [0.3, 0.4) is 0 Å². The van der Waals surface area contributed by atoms with Crippen LogP contribution in [0.25, 0.3) is 0 Å². The Bertz CT molecular complexity index is 351. The fourth-order valence-corrected chi connectivity index (χ4v) is 2.40. The molecule has 0 aromatic carbocycles. The number of carboxylic acid groups (broad SMARTS) is 1. The predicted molar refractivity (Wildman–Crippen MR) is 68.4 cm³/mol. The number of carbonyl (C=O) groups excluding carboxylic acids is 1. The predicted octanol–water partition coefficient (Wildman–Crippen LogP) is -1.70. The van der Waals surface area contributed by atoms with E-state index in [1.54, 1.807) is 14.8 Å². The van der Waals surface area contributed by atoms with Crippen molar-refractivity contribution in [2.24, 2.45) is 5.84 Å². The lowest BCUT2D eigenvalue weighted by atomic mass is 10.4. The summed E-state index contributed by atoms with van der Waals surface area (Å²) in [6, 6.07) is 0.0329. The Morgan fingerprint density at radius 3 is 2.11 bits per heavy atom. The third-order valence-electron chi connectivity index (χ3n) is 3.59. The van der Waals surface area contributed by atoms with Gasteiger partial charge in [-0.15, -0.1) is 0 Å². The van der Waals surface area contributed by atoms with Crippen molar-refractivity contribution in [1.82, 2.24) is 19.7 Å². The maximum absolute atomic E-state index is 12.0. The zero-order valence-corrected chi connectivity index (χ0v) is 11.0. The molecule has 2 saturated heterocycles. The molecule has 2 bridgehead atoms. The molecule has 2 aliphatic heterocycles. The topological polar surface area (TPSA) is 93.3 Å². The molecule has 19 heavy (non-hydrogen) atoms. The lowest BCUT2D eigenvalue weighted by Gasteiger charge is -2.24. The van der Waals surface area contributed by atoms with Gasteiger partial charge in [-0.1, -0.05) is 0 Å². The number of hydrogen-bond donors (Lipinski definition) is 2. The molecule has 0 aromatic rings. The van der Waals surface area contributed by atoms with Crippen molar-refractivity contribution in [3.8, 4) is 0 Å². The van der Waals surface area contributed by atoms with Gasteiger partial charge in [0.2, 0.25) is 0 Å². The maximum atomic E-state index is 12.0. The van der Waals surface area contributed by atoms with Gasteiger partial charge in [-0.3, -0.25) is 15.5 Å². The number of fused-ring (bicyclic) bond motifs is 2. The van der Waals surface area contributed by atoms with E-state index in [1.807, 2.05) is 4.90 Å². The second-order valence-corrected chi connectivity index (χ2v) is 4.96. The first-order valence-electron chi connectivity index (χ1n) is 6.54. The molecule has 2 rings (SSSR count). The van der Waals surface area contributed by atoms with Crippen LogP contribution in [-0.2, 0) is 4.79 Å². The number of nitrogens with two attached hydrogens (primary N) is 1. The molecule has 8 heteroatoms. The Balaban J connectivity index is 2.00. The van der Waals surface area contributed by atoms with Crippen LogP contribution in [-0.4, -0.2) is 95.7 Å². The molecule has 2 heterocycles. The molecule has 0 aromatic heterocycles. The minimum atomic E-state index is -0.854. The van der Waals surface area contributed by atoms with E-state index in [-0.39, 0.29) is 12.6 Å². The summed E-state index contributed by atoms with van der Waals surface area (Å²) in [5.74, 6) is 5.00. The monoisotopic (exact) mass is 271 g/mol. The van der Waals surface area contributed by atoms with E-state index in [2.05, 4.69) is 0 Å². The zero-order chi connectivity index (χ0) is 13.8. The highest BCUT2D eigenvalue weighted by molar-refractivity contribution is 5.76. The second-order valence-electron chi connectivity index (χ2n) is 4.96. The van der Waals surface area contributed by atoms with Gasteiger partial charge in [-0.05, 0) is 0 Å². The number of aliphatic carboxylic acids is 1. The van der Waals surface area contributed by atoms with Crippen molar-refractivity contribution in [3.63, 3.8) is 0 Å².